The molecule has 7 heteroatoms. The summed E-state index contributed by atoms with van der Waals surface area (Å²) in [5, 5.41) is 0. The van der Waals surface area contributed by atoms with Crippen LogP contribution in [0.5, 0.6) is 0 Å². The fraction of sp³-hybridized carbons (Fsp3) is 1.00. The van der Waals surface area contributed by atoms with Gasteiger partial charge >= 0.3 is 0 Å². The van der Waals surface area contributed by atoms with Crippen LogP contribution in [0, 0.1) is 0 Å². The number of hydrogen-bond acceptors (Lipinski definition) is 5. The summed E-state index contributed by atoms with van der Waals surface area (Å²) in [6.07, 6.45) is 30.2. The van der Waals surface area contributed by atoms with Crippen molar-refractivity contribution in [2.75, 3.05) is 40.9 Å². The summed E-state index contributed by atoms with van der Waals surface area (Å²) in [7, 11) is 2.40. The van der Waals surface area contributed by atoms with E-state index in [1.54, 1.807) is 0 Å². The van der Waals surface area contributed by atoms with Gasteiger partial charge in [-0.25, -0.2) is 0 Å². The number of phosphoric ester groups is 1. The highest BCUT2D eigenvalue weighted by molar-refractivity contribution is 7.45. The van der Waals surface area contributed by atoms with Gasteiger partial charge in [-0.05, 0) is 32.1 Å². The van der Waals surface area contributed by atoms with Gasteiger partial charge in [0.2, 0.25) is 0 Å². The molecular formula is C34H72NO5P. The zero-order valence-electron chi connectivity index (χ0n) is 28.3. The molecule has 0 rings (SSSR count). The quantitative estimate of drug-likeness (QED) is 0.0322. The van der Waals surface area contributed by atoms with Gasteiger partial charge in [-0.15, -0.1) is 0 Å². The third-order valence-corrected chi connectivity index (χ3v) is 8.85. The van der Waals surface area contributed by atoms with Gasteiger partial charge in [0.1, 0.15) is 0 Å². The first-order valence-electron chi connectivity index (χ1n) is 17.8. The van der Waals surface area contributed by atoms with E-state index in [1.165, 1.54) is 129 Å². The maximum absolute atomic E-state index is 12.2. The molecule has 0 aromatic rings. The van der Waals surface area contributed by atoms with E-state index in [-0.39, 0.29) is 6.61 Å². The minimum absolute atomic E-state index is 0.194. The van der Waals surface area contributed by atoms with Crippen LogP contribution in [0.15, 0.2) is 0 Å². The molecule has 6 nitrogen and oxygen atoms in total. The Kier molecular flexibility index (Phi) is 28.8. The molecule has 0 N–H and O–H groups in total. The van der Waals surface area contributed by atoms with Gasteiger partial charge in [-0.1, -0.05) is 142 Å². The lowest BCUT2D eigenvalue weighted by molar-refractivity contribution is -0.870. The fourth-order valence-corrected chi connectivity index (χ4v) is 6.10. The lowest BCUT2D eigenvalue weighted by atomic mass is 10.0. The largest absolute Gasteiger partial charge is 0.756 e. The van der Waals surface area contributed by atoms with E-state index in [2.05, 4.69) is 28.1 Å². The van der Waals surface area contributed by atoms with Crippen LogP contribution in [-0.2, 0) is 18.3 Å². The smallest absolute Gasteiger partial charge is 0.270 e. The van der Waals surface area contributed by atoms with E-state index in [9.17, 15) is 9.46 Å². The molecule has 2 atom stereocenters. The summed E-state index contributed by atoms with van der Waals surface area (Å²) in [5.74, 6) is 0. The Morgan fingerprint density at radius 2 is 0.927 bits per heavy atom. The van der Waals surface area contributed by atoms with E-state index in [4.69, 9.17) is 13.8 Å². The Labute approximate surface area is 256 Å². The molecule has 0 fully saturated rings. The van der Waals surface area contributed by atoms with Crippen molar-refractivity contribution >= 4 is 7.82 Å². The number of quaternary nitrogens is 1. The SMILES string of the molecule is CCCCCCCCCCCCCCCCCCOC(CC)OP(=O)([O-])OCCCCCCCCCC[N+](C)(C)C. The van der Waals surface area contributed by atoms with E-state index >= 15 is 0 Å². The predicted octanol–water partition coefficient (Wildman–Crippen LogP) is 10.3. The van der Waals surface area contributed by atoms with Crippen LogP contribution in [0.4, 0.5) is 0 Å². The van der Waals surface area contributed by atoms with Crippen LogP contribution in [0.1, 0.15) is 174 Å². The first-order chi connectivity index (χ1) is 19.7. The summed E-state index contributed by atoms with van der Waals surface area (Å²) >= 11 is 0. The Hall–Kier alpha value is 0.0300. The third kappa shape index (κ3) is 32.8. The first kappa shape index (κ1) is 41.0. The maximum atomic E-state index is 12.2. The Morgan fingerprint density at radius 1 is 0.561 bits per heavy atom. The number of ether oxygens (including phenoxy) is 1. The molecule has 0 saturated carbocycles. The second-order valence-corrected chi connectivity index (χ2v) is 14.6. The second kappa shape index (κ2) is 28.8. The normalized spacial score (nSPS) is 14.4. The number of hydrogen-bond donors (Lipinski definition) is 0. The van der Waals surface area contributed by atoms with Crippen molar-refractivity contribution in [3.63, 3.8) is 0 Å². The van der Waals surface area contributed by atoms with E-state index in [0.717, 1.165) is 36.6 Å². The second-order valence-electron chi connectivity index (χ2n) is 13.2. The van der Waals surface area contributed by atoms with Crippen molar-refractivity contribution in [3.05, 3.63) is 0 Å². The Bertz CT molecular complexity index is 584. The monoisotopic (exact) mass is 606 g/mol. The van der Waals surface area contributed by atoms with Crippen LogP contribution in [0.25, 0.3) is 0 Å². The third-order valence-electron chi connectivity index (χ3n) is 7.85. The molecule has 0 aromatic carbocycles. The first-order valence-corrected chi connectivity index (χ1v) is 19.2. The van der Waals surface area contributed by atoms with Crippen molar-refractivity contribution in [2.45, 2.75) is 181 Å². The Morgan fingerprint density at radius 3 is 1.32 bits per heavy atom. The van der Waals surface area contributed by atoms with Crippen molar-refractivity contribution in [2.24, 2.45) is 0 Å². The molecule has 0 heterocycles. The maximum Gasteiger partial charge on any atom is 0.270 e. The molecule has 2 unspecified atom stereocenters. The van der Waals surface area contributed by atoms with Crippen LogP contribution in [0.3, 0.4) is 0 Å². The summed E-state index contributed by atoms with van der Waals surface area (Å²) in [5.41, 5.74) is 0. The molecule has 0 saturated heterocycles. The van der Waals surface area contributed by atoms with E-state index in [0.29, 0.717) is 13.0 Å². The van der Waals surface area contributed by atoms with Crippen molar-refractivity contribution in [3.8, 4) is 0 Å². The average molecular weight is 606 g/mol. The molecule has 0 bridgehead atoms. The number of phosphoric acid groups is 1. The molecular weight excluding hydrogens is 533 g/mol. The Balaban J connectivity index is 3.54. The van der Waals surface area contributed by atoms with Crippen LogP contribution >= 0.6 is 7.82 Å². The number of unbranched alkanes of at least 4 members (excludes halogenated alkanes) is 22. The summed E-state index contributed by atoms with van der Waals surface area (Å²) < 4.78 is 29.2. The van der Waals surface area contributed by atoms with Gasteiger partial charge < -0.3 is 18.6 Å². The molecule has 0 aliphatic carbocycles. The van der Waals surface area contributed by atoms with Gasteiger partial charge in [-0.3, -0.25) is 9.09 Å². The lowest BCUT2D eigenvalue weighted by Gasteiger charge is -2.27. The average Bonchev–Trinajstić information content (AvgIpc) is 2.92. The van der Waals surface area contributed by atoms with Gasteiger partial charge in [-0.2, -0.15) is 0 Å². The molecule has 41 heavy (non-hydrogen) atoms. The summed E-state index contributed by atoms with van der Waals surface area (Å²) in [4.78, 5) is 12.2. The summed E-state index contributed by atoms with van der Waals surface area (Å²) in [6, 6.07) is 0. The zero-order valence-corrected chi connectivity index (χ0v) is 29.2. The number of nitrogens with zero attached hydrogens (tertiary/aromatic N) is 1. The lowest BCUT2D eigenvalue weighted by Crippen LogP contribution is -2.35. The van der Waals surface area contributed by atoms with Crippen LogP contribution in [0.2, 0.25) is 0 Å². The van der Waals surface area contributed by atoms with E-state index in [1.807, 2.05) is 6.92 Å². The predicted molar refractivity (Wildman–Crippen MR) is 174 cm³/mol. The standard InChI is InChI=1S/C34H72NO5P/c1-6-8-9-10-11-12-13-14-15-16-17-18-20-23-26-29-32-38-34(7-2)40-41(36,37)39-33-30-27-24-21-19-22-25-28-31-35(3,4)5/h34H,6-33H2,1-5H3. The van der Waals surface area contributed by atoms with Crippen molar-refractivity contribution < 1.29 is 27.7 Å². The fourth-order valence-electron chi connectivity index (χ4n) is 5.19. The topological polar surface area (TPSA) is 67.8 Å². The molecule has 0 spiro atoms. The summed E-state index contributed by atoms with van der Waals surface area (Å²) in [6.45, 7) is 6.12. The van der Waals surface area contributed by atoms with Gasteiger partial charge in [0.15, 0.2) is 6.29 Å². The zero-order chi connectivity index (χ0) is 30.5. The molecule has 0 amide bonds. The number of rotatable bonds is 33. The van der Waals surface area contributed by atoms with Crippen LogP contribution < -0.4 is 4.89 Å². The minimum Gasteiger partial charge on any atom is -0.756 e. The van der Waals surface area contributed by atoms with Gasteiger partial charge in [0.05, 0.1) is 34.3 Å². The molecule has 248 valence electrons. The minimum atomic E-state index is -4.32. The van der Waals surface area contributed by atoms with Crippen molar-refractivity contribution in [1.29, 1.82) is 0 Å². The highest BCUT2D eigenvalue weighted by atomic mass is 31.2. The van der Waals surface area contributed by atoms with Gasteiger partial charge in [0.25, 0.3) is 7.82 Å². The molecule has 0 aliphatic heterocycles. The highest BCUT2D eigenvalue weighted by Crippen LogP contribution is 2.40. The molecule has 0 aromatic heterocycles. The molecule has 0 aliphatic rings. The van der Waals surface area contributed by atoms with Crippen molar-refractivity contribution in [1.82, 2.24) is 0 Å². The van der Waals surface area contributed by atoms with Crippen LogP contribution in [-0.4, -0.2) is 51.7 Å². The van der Waals surface area contributed by atoms with Gasteiger partial charge in [0, 0.05) is 6.61 Å². The highest BCUT2D eigenvalue weighted by Gasteiger charge is 2.17. The molecule has 0 radical (unpaired) electrons. The van der Waals surface area contributed by atoms with E-state index < -0.39 is 14.1 Å².